The minimum Gasteiger partial charge on any atom is -0.383 e. The van der Waals surface area contributed by atoms with E-state index in [0.717, 1.165) is 37.7 Å². The molecule has 2 rings (SSSR count). The Hall–Kier alpha value is -0.120. The van der Waals surface area contributed by atoms with E-state index in [0.29, 0.717) is 0 Å². The molecule has 14 heavy (non-hydrogen) atoms. The van der Waals surface area contributed by atoms with Gasteiger partial charge in [0, 0.05) is 25.7 Å². The highest BCUT2D eigenvalue weighted by Crippen LogP contribution is 2.38. The molecule has 2 unspecified atom stereocenters. The van der Waals surface area contributed by atoms with Gasteiger partial charge in [0.2, 0.25) is 0 Å². The van der Waals surface area contributed by atoms with Gasteiger partial charge in [-0.2, -0.15) is 0 Å². The highest BCUT2D eigenvalue weighted by atomic mass is 16.5. The SMILES string of the molecule is COCCN(C1CC1)C1CCC1CN. The molecule has 0 aromatic carbocycles. The van der Waals surface area contributed by atoms with Gasteiger partial charge in [0.05, 0.1) is 6.61 Å². The molecular formula is C11H22N2O. The zero-order valence-corrected chi connectivity index (χ0v) is 9.11. The van der Waals surface area contributed by atoms with Gasteiger partial charge in [-0.25, -0.2) is 0 Å². The Labute approximate surface area is 86.6 Å². The Morgan fingerprint density at radius 3 is 2.50 bits per heavy atom. The lowest BCUT2D eigenvalue weighted by Crippen LogP contribution is -2.51. The Kier molecular flexibility index (Phi) is 3.42. The zero-order valence-electron chi connectivity index (χ0n) is 9.11. The molecule has 0 heterocycles. The molecule has 3 nitrogen and oxygen atoms in total. The standard InChI is InChI=1S/C11H22N2O/c1-14-7-6-13(10-3-4-10)11-5-2-9(11)8-12/h9-11H,2-8,12H2,1H3. The van der Waals surface area contributed by atoms with Gasteiger partial charge in [0.25, 0.3) is 0 Å². The van der Waals surface area contributed by atoms with Crippen molar-refractivity contribution < 1.29 is 4.74 Å². The summed E-state index contributed by atoms with van der Waals surface area (Å²) in [6, 6.07) is 1.62. The second kappa shape index (κ2) is 4.60. The van der Waals surface area contributed by atoms with Crippen LogP contribution in [0.1, 0.15) is 25.7 Å². The van der Waals surface area contributed by atoms with Crippen LogP contribution in [0.15, 0.2) is 0 Å². The molecule has 2 aliphatic rings. The third-order valence-electron chi connectivity index (χ3n) is 3.68. The van der Waals surface area contributed by atoms with Crippen LogP contribution in [0, 0.1) is 5.92 Å². The second-order valence-electron chi connectivity index (χ2n) is 4.60. The fourth-order valence-corrected chi connectivity index (χ4v) is 2.49. The zero-order chi connectivity index (χ0) is 9.97. The first-order valence-corrected chi connectivity index (χ1v) is 5.81. The third kappa shape index (κ3) is 2.10. The molecule has 2 aliphatic carbocycles. The van der Waals surface area contributed by atoms with Crippen LogP contribution in [0.3, 0.4) is 0 Å². The average Bonchev–Trinajstić information content (AvgIpc) is 2.94. The van der Waals surface area contributed by atoms with Crippen LogP contribution < -0.4 is 5.73 Å². The van der Waals surface area contributed by atoms with Crippen molar-refractivity contribution in [2.75, 3.05) is 26.8 Å². The lowest BCUT2D eigenvalue weighted by molar-refractivity contribution is 0.0373. The fourth-order valence-electron chi connectivity index (χ4n) is 2.49. The van der Waals surface area contributed by atoms with Crippen LogP contribution in [-0.2, 0) is 4.74 Å². The van der Waals surface area contributed by atoms with Crippen molar-refractivity contribution in [3.05, 3.63) is 0 Å². The van der Waals surface area contributed by atoms with Crippen molar-refractivity contribution >= 4 is 0 Å². The molecule has 0 saturated heterocycles. The molecule has 3 heteroatoms. The van der Waals surface area contributed by atoms with E-state index in [2.05, 4.69) is 4.90 Å². The summed E-state index contributed by atoms with van der Waals surface area (Å²) in [6.07, 6.45) is 5.45. The molecule has 0 bridgehead atoms. The van der Waals surface area contributed by atoms with E-state index < -0.39 is 0 Å². The number of rotatable bonds is 6. The molecule has 0 radical (unpaired) electrons. The third-order valence-corrected chi connectivity index (χ3v) is 3.68. The van der Waals surface area contributed by atoms with E-state index in [9.17, 15) is 0 Å². The Bertz CT molecular complexity index is 180. The predicted molar refractivity (Wildman–Crippen MR) is 57.2 cm³/mol. The first-order valence-electron chi connectivity index (χ1n) is 5.81. The summed E-state index contributed by atoms with van der Waals surface area (Å²) in [6.45, 7) is 2.83. The van der Waals surface area contributed by atoms with Gasteiger partial charge in [-0.05, 0) is 38.1 Å². The monoisotopic (exact) mass is 198 g/mol. The number of methoxy groups -OCH3 is 1. The predicted octanol–water partition coefficient (Wildman–Crippen LogP) is 0.835. The Morgan fingerprint density at radius 2 is 2.07 bits per heavy atom. The van der Waals surface area contributed by atoms with Crippen molar-refractivity contribution in [3.63, 3.8) is 0 Å². The van der Waals surface area contributed by atoms with E-state index in [-0.39, 0.29) is 0 Å². The first-order chi connectivity index (χ1) is 6.86. The largest absolute Gasteiger partial charge is 0.383 e. The summed E-state index contributed by atoms with van der Waals surface area (Å²) in [5.74, 6) is 0.757. The van der Waals surface area contributed by atoms with Crippen molar-refractivity contribution in [2.45, 2.75) is 37.8 Å². The van der Waals surface area contributed by atoms with E-state index in [1.807, 2.05) is 0 Å². The molecule has 0 aliphatic heterocycles. The normalized spacial score (nSPS) is 31.9. The maximum atomic E-state index is 5.75. The minimum atomic E-state index is 0.757. The number of ether oxygens (including phenoxy) is 1. The molecule has 0 spiro atoms. The van der Waals surface area contributed by atoms with E-state index in [1.54, 1.807) is 7.11 Å². The summed E-state index contributed by atoms with van der Waals surface area (Å²) in [5.41, 5.74) is 5.75. The number of nitrogens with zero attached hydrogens (tertiary/aromatic N) is 1. The van der Waals surface area contributed by atoms with Gasteiger partial charge >= 0.3 is 0 Å². The molecule has 82 valence electrons. The molecular weight excluding hydrogens is 176 g/mol. The summed E-state index contributed by atoms with van der Waals surface area (Å²) in [5, 5.41) is 0. The summed E-state index contributed by atoms with van der Waals surface area (Å²) in [4.78, 5) is 2.64. The number of nitrogens with two attached hydrogens (primary N) is 1. The molecule has 0 aromatic heterocycles. The maximum absolute atomic E-state index is 5.75. The maximum Gasteiger partial charge on any atom is 0.0589 e. The van der Waals surface area contributed by atoms with E-state index in [1.165, 1.54) is 25.7 Å². The van der Waals surface area contributed by atoms with Crippen molar-refractivity contribution in [1.29, 1.82) is 0 Å². The molecule has 2 N–H and O–H groups in total. The van der Waals surface area contributed by atoms with Gasteiger partial charge in [-0.3, -0.25) is 4.90 Å². The van der Waals surface area contributed by atoms with Crippen molar-refractivity contribution in [3.8, 4) is 0 Å². The minimum absolute atomic E-state index is 0.757. The van der Waals surface area contributed by atoms with E-state index in [4.69, 9.17) is 10.5 Å². The van der Waals surface area contributed by atoms with Crippen molar-refractivity contribution in [1.82, 2.24) is 4.90 Å². The first kappa shape index (κ1) is 10.4. The topological polar surface area (TPSA) is 38.5 Å². The fraction of sp³-hybridized carbons (Fsp3) is 1.00. The Balaban J connectivity index is 1.83. The summed E-state index contributed by atoms with van der Waals surface area (Å²) < 4.78 is 5.16. The smallest absolute Gasteiger partial charge is 0.0589 e. The van der Waals surface area contributed by atoms with Gasteiger partial charge in [-0.1, -0.05) is 0 Å². The molecule has 2 fully saturated rings. The van der Waals surface area contributed by atoms with Crippen LogP contribution in [0.2, 0.25) is 0 Å². The van der Waals surface area contributed by atoms with Gasteiger partial charge in [-0.15, -0.1) is 0 Å². The van der Waals surface area contributed by atoms with Gasteiger partial charge < -0.3 is 10.5 Å². The van der Waals surface area contributed by atoms with Crippen molar-refractivity contribution in [2.24, 2.45) is 11.7 Å². The lowest BCUT2D eigenvalue weighted by Gasteiger charge is -2.44. The molecule has 0 aromatic rings. The Morgan fingerprint density at radius 1 is 1.29 bits per heavy atom. The second-order valence-corrected chi connectivity index (χ2v) is 4.60. The highest BCUT2D eigenvalue weighted by molar-refractivity contribution is 4.96. The van der Waals surface area contributed by atoms with E-state index >= 15 is 0 Å². The highest BCUT2D eigenvalue weighted by Gasteiger charge is 2.40. The van der Waals surface area contributed by atoms with Gasteiger partial charge in [0.1, 0.15) is 0 Å². The van der Waals surface area contributed by atoms with Crippen LogP contribution in [0.25, 0.3) is 0 Å². The quantitative estimate of drug-likeness (QED) is 0.687. The molecule has 2 atom stereocenters. The summed E-state index contributed by atoms with van der Waals surface area (Å²) in [7, 11) is 1.78. The van der Waals surface area contributed by atoms with Crippen LogP contribution in [-0.4, -0.2) is 43.8 Å². The summed E-state index contributed by atoms with van der Waals surface area (Å²) >= 11 is 0. The van der Waals surface area contributed by atoms with Crippen LogP contribution in [0.4, 0.5) is 0 Å². The van der Waals surface area contributed by atoms with Crippen LogP contribution in [0.5, 0.6) is 0 Å². The molecule has 0 amide bonds. The molecule has 2 saturated carbocycles. The number of hydrogen-bond donors (Lipinski definition) is 1. The number of hydrogen-bond acceptors (Lipinski definition) is 3. The van der Waals surface area contributed by atoms with Crippen LogP contribution >= 0.6 is 0 Å². The lowest BCUT2D eigenvalue weighted by atomic mass is 9.78. The average molecular weight is 198 g/mol. The van der Waals surface area contributed by atoms with Gasteiger partial charge in [0.15, 0.2) is 0 Å².